The van der Waals surface area contributed by atoms with Crippen LogP contribution in [0.1, 0.15) is 17.2 Å². The SMILES string of the molecule is NC(CO)c1ccc(OCCc2ccccc2)cc1. The monoisotopic (exact) mass is 257 g/mol. The van der Waals surface area contributed by atoms with Crippen LogP contribution in [0.5, 0.6) is 5.75 Å². The summed E-state index contributed by atoms with van der Waals surface area (Å²) in [7, 11) is 0. The average molecular weight is 257 g/mol. The molecule has 0 fully saturated rings. The van der Waals surface area contributed by atoms with Gasteiger partial charge in [0.2, 0.25) is 0 Å². The summed E-state index contributed by atoms with van der Waals surface area (Å²) in [5.41, 5.74) is 7.91. The van der Waals surface area contributed by atoms with Crippen molar-refractivity contribution in [2.24, 2.45) is 5.73 Å². The maximum atomic E-state index is 8.97. The number of aliphatic hydroxyl groups excluding tert-OH is 1. The highest BCUT2D eigenvalue weighted by Crippen LogP contribution is 2.16. The number of hydrogen-bond donors (Lipinski definition) is 2. The van der Waals surface area contributed by atoms with Crippen molar-refractivity contribution in [3.63, 3.8) is 0 Å². The Morgan fingerprint density at radius 1 is 1.00 bits per heavy atom. The second kappa shape index (κ2) is 6.92. The largest absolute Gasteiger partial charge is 0.493 e. The molecule has 0 spiro atoms. The van der Waals surface area contributed by atoms with Crippen molar-refractivity contribution in [1.82, 2.24) is 0 Å². The van der Waals surface area contributed by atoms with Crippen LogP contribution >= 0.6 is 0 Å². The molecule has 0 amide bonds. The van der Waals surface area contributed by atoms with Gasteiger partial charge in [-0.1, -0.05) is 42.5 Å². The fourth-order valence-corrected chi connectivity index (χ4v) is 1.85. The second-order valence-electron chi connectivity index (χ2n) is 4.44. The summed E-state index contributed by atoms with van der Waals surface area (Å²) in [6.45, 7) is 0.601. The molecule has 3 nitrogen and oxygen atoms in total. The lowest BCUT2D eigenvalue weighted by Crippen LogP contribution is -2.14. The van der Waals surface area contributed by atoms with Crippen LogP contribution in [0.3, 0.4) is 0 Å². The van der Waals surface area contributed by atoms with E-state index in [0.717, 1.165) is 17.7 Å². The summed E-state index contributed by atoms with van der Waals surface area (Å²) in [4.78, 5) is 0. The number of hydrogen-bond acceptors (Lipinski definition) is 3. The number of benzene rings is 2. The highest BCUT2D eigenvalue weighted by molar-refractivity contribution is 5.29. The topological polar surface area (TPSA) is 55.5 Å². The van der Waals surface area contributed by atoms with Crippen LogP contribution in [0, 0.1) is 0 Å². The van der Waals surface area contributed by atoms with Gasteiger partial charge in [-0.2, -0.15) is 0 Å². The summed E-state index contributed by atoms with van der Waals surface area (Å²) in [5, 5.41) is 8.97. The second-order valence-corrected chi connectivity index (χ2v) is 4.44. The van der Waals surface area contributed by atoms with E-state index in [1.807, 2.05) is 42.5 Å². The molecule has 0 bridgehead atoms. The van der Waals surface area contributed by atoms with Gasteiger partial charge in [0.15, 0.2) is 0 Å². The standard InChI is InChI=1S/C16H19NO2/c17-16(12-18)14-6-8-15(9-7-14)19-11-10-13-4-2-1-3-5-13/h1-9,16,18H,10-12,17H2. The molecule has 19 heavy (non-hydrogen) atoms. The first-order valence-corrected chi connectivity index (χ1v) is 6.42. The number of aliphatic hydroxyl groups is 1. The third kappa shape index (κ3) is 4.09. The zero-order chi connectivity index (χ0) is 13.5. The van der Waals surface area contributed by atoms with Gasteiger partial charge in [-0.3, -0.25) is 0 Å². The molecule has 0 heterocycles. The molecule has 0 aliphatic rings. The van der Waals surface area contributed by atoms with Gasteiger partial charge in [0.1, 0.15) is 5.75 Å². The average Bonchev–Trinajstić information content (AvgIpc) is 2.48. The van der Waals surface area contributed by atoms with Gasteiger partial charge < -0.3 is 15.6 Å². The molecule has 100 valence electrons. The summed E-state index contributed by atoms with van der Waals surface area (Å²) in [5.74, 6) is 0.824. The Kier molecular flexibility index (Phi) is 4.95. The van der Waals surface area contributed by atoms with E-state index in [0.29, 0.717) is 6.61 Å². The lowest BCUT2D eigenvalue weighted by molar-refractivity contribution is 0.268. The summed E-state index contributed by atoms with van der Waals surface area (Å²) in [6, 6.07) is 17.5. The van der Waals surface area contributed by atoms with Crippen LogP contribution in [0.2, 0.25) is 0 Å². The molecule has 1 unspecified atom stereocenters. The Balaban J connectivity index is 1.83. The summed E-state index contributed by atoms with van der Waals surface area (Å²) < 4.78 is 5.67. The van der Waals surface area contributed by atoms with E-state index in [-0.39, 0.29) is 12.6 Å². The Morgan fingerprint density at radius 2 is 1.68 bits per heavy atom. The molecule has 0 aliphatic carbocycles. The number of ether oxygens (including phenoxy) is 1. The van der Waals surface area contributed by atoms with E-state index in [1.165, 1.54) is 5.56 Å². The van der Waals surface area contributed by atoms with Crippen LogP contribution in [0.25, 0.3) is 0 Å². The lowest BCUT2D eigenvalue weighted by atomic mass is 10.1. The zero-order valence-electron chi connectivity index (χ0n) is 10.8. The lowest BCUT2D eigenvalue weighted by Gasteiger charge is -2.10. The molecule has 0 saturated heterocycles. The molecule has 2 aromatic carbocycles. The molecular formula is C16H19NO2. The Hall–Kier alpha value is -1.84. The fraction of sp³-hybridized carbons (Fsp3) is 0.250. The van der Waals surface area contributed by atoms with Crippen LogP contribution in [0.15, 0.2) is 54.6 Å². The van der Waals surface area contributed by atoms with E-state index < -0.39 is 0 Å². The van der Waals surface area contributed by atoms with Gasteiger partial charge in [0.05, 0.1) is 19.3 Å². The molecule has 2 aromatic rings. The number of nitrogens with two attached hydrogens (primary N) is 1. The molecule has 3 N–H and O–H groups in total. The molecule has 3 heteroatoms. The van der Waals surface area contributed by atoms with E-state index in [4.69, 9.17) is 15.6 Å². The first-order valence-electron chi connectivity index (χ1n) is 6.42. The van der Waals surface area contributed by atoms with E-state index in [2.05, 4.69) is 12.1 Å². The third-order valence-corrected chi connectivity index (χ3v) is 3.01. The fourth-order valence-electron chi connectivity index (χ4n) is 1.85. The van der Waals surface area contributed by atoms with Crippen LogP contribution in [-0.4, -0.2) is 18.3 Å². The minimum absolute atomic E-state index is 0.0474. The molecule has 0 saturated carbocycles. The van der Waals surface area contributed by atoms with Gasteiger partial charge in [-0.15, -0.1) is 0 Å². The predicted molar refractivity (Wildman–Crippen MR) is 76.1 cm³/mol. The van der Waals surface area contributed by atoms with Crippen molar-refractivity contribution in [1.29, 1.82) is 0 Å². The molecule has 2 rings (SSSR count). The molecule has 0 aliphatic heterocycles. The van der Waals surface area contributed by atoms with Crippen molar-refractivity contribution >= 4 is 0 Å². The van der Waals surface area contributed by atoms with Crippen molar-refractivity contribution < 1.29 is 9.84 Å². The molecule has 0 radical (unpaired) electrons. The highest BCUT2D eigenvalue weighted by atomic mass is 16.5. The quantitative estimate of drug-likeness (QED) is 0.835. The first-order chi connectivity index (χ1) is 9.29. The molecule has 1 atom stereocenters. The van der Waals surface area contributed by atoms with E-state index in [1.54, 1.807) is 0 Å². The van der Waals surface area contributed by atoms with Crippen LogP contribution < -0.4 is 10.5 Å². The van der Waals surface area contributed by atoms with Crippen molar-refractivity contribution in [3.05, 3.63) is 65.7 Å². The van der Waals surface area contributed by atoms with Gasteiger partial charge >= 0.3 is 0 Å². The normalized spacial score (nSPS) is 12.1. The Morgan fingerprint density at radius 3 is 2.32 bits per heavy atom. The minimum atomic E-state index is -0.321. The Labute approximate surface area is 113 Å². The number of rotatable bonds is 6. The summed E-state index contributed by atoms with van der Waals surface area (Å²) in [6.07, 6.45) is 0.888. The maximum Gasteiger partial charge on any atom is 0.119 e. The maximum absolute atomic E-state index is 8.97. The Bertz CT molecular complexity index is 482. The predicted octanol–water partition coefficient (Wildman–Crippen LogP) is 2.30. The van der Waals surface area contributed by atoms with Crippen LogP contribution in [0.4, 0.5) is 0 Å². The van der Waals surface area contributed by atoms with Gasteiger partial charge in [-0.05, 0) is 23.3 Å². The van der Waals surface area contributed by atoms with Crippen molar-refractivity contribution in [2.45, 2.75) is 12.5 Å². The van der Waals surface area contributed by atoms with E-state index >= 15 is 0 Å². The zero-order valence-corrected chi connectivity index (χ0v) is 10.8. The summed E-state index contributed by atoms with van der Waals surface area (Å²) >= 11 is 0. The highest BCUT2D eigenvalue weighted by Gasteiger charge is 2.03. The minimum Gasteiger partial charge on any atom is -0.493 e. The first kappa shape index (κ1) is 13.6. The van der Waals surface area contributed by atoms with Crippen molar-refractivity contribution in [2.75, 3.05) is 13.2 Å². The third-order valence-electron chi connectivity index (χ3n) is 3.01. The van der Waals surface area contributed by atoms with Crippen LogP contribution in [-0.2, 0) is 6.42 Å². The molecule has 0 aromatic heterocycles. The van der Waals surface area contributed by atoms with Gasteiger partial charge in [0.25, 0.3) is 0 Å². The van der Waals surface area contributed by atoms with Crippen molar-refractivity contribution in [3.8, 4) is 5.75 Å². The smallest absolute Gasteiger partial charge is 0.119 e. The molecular weight excluding hydrogens is 238 g/mol. The van der Waals surface area contributed by atoms with Gasteiger partial charge in [0, 0.05) is 6.42 Å². The van der Waals surface area contributed by atoms with E-state index in [9.17, 15) is 0 Å². The van der Waals surface area contributed by atoms with Gasteiger partial charge in [-0.25, -0.2) is 0 Å².